The topological polar surface area (TPSA) is 168 Å². The molecule has 0 fully saturated rings. The average molecular weight is 640 g/mol. The molecule has 1 unspecified atom stereocenters. The molecule has 0 bridgehead atoms. The lowest BCUT2D eigenvalue weighted by Crippen LogP contribution is -2.55. The van der Waals surface area contributed by atoms with Crippen LogP contribution in [0.4, 0.5) is 4.39 Å². The summed E-state index contributed by atoms with van der Waals surface area (Å²) >= 11 is 1.18. The third-order valence-electron chi connectivity index (χ3n) is 7.71. The van der Waals surface area contributed by atoms with Gasteiger partial charge >= 0.3 is 5.69 Å². The van der Waals surface area contributed by atoms with Gasteiger partial charge < -0.3 is 15.2 Å². The fourth-order valence-corrected chi connectivity index (χ4v) is 6.18. The van der Waals surface area contributed by atoms with Crippen molar-refractivity contribution in [3.8, 4) is 11.1 Å². The van der Waals surface area contributed by atoms with E-state index in [2.05, 4.69) is 26.6 Å². The lowest BCUT2D eigenvalue weighted by atomic mass is 9.95. The van der Waals surface area contributed by atoms with Gasteiger partial charge in [-0.25, -0.2) is 13.8 Å². The van der Waals surface area contributed by atoms with E-state index in [0.29, 0.717) is 40.2 Å². The first-order valence-electron chi connectivity index (χ1n) is 14.6. The van der Waals surface area contributed by atoms with E-state index in [1.807, 2.05) is 6.92 Å². The molecule has 0 aliphatic carbocycles. The van der Waals surface area contributed by atoms with E-state index in [4.69, 9.17) is 4.74 Å². The fourth-order valence-electron chi connectivity index (χ4n) is 5.07. The number of aromatic amines is 1. The molecule has 12 nitrogen and oxygen atoms in total. The zero-order valence-corrected chi connectivity index (χ0v) is 27.0. The molecule has 0 radical (unpaired) electrons. The number of carbonyl (C=O) groups excluding carboxylic acids is 1. The van der Waals surface area contributed by atoms with Crippen LogP contribution in [0.25, 0.3) is 15.2 Å². The highest BCUT2D eigenvalue weighted by molar-refractivity contribution is 7.21. The summed E-state index contributed by atoms with van der Waals surface area (Å²) in [6, 6.07) is 6.15. The molecule has 0 aliphatic heterocycles. The van der Waals surface area contributed by atoms with Crippen LogP contribution in [0.1, 0.15) is 70.3 Å². The van der Waals surface area contributed by atoms with Crippen LogP contribution in [0, 0.1) is 29.5 Å². The van der Waals surface area contributed by atoms with Crippen LogP contribution in [-0.2, 0) is 21.5 Å². The Bertz CT molecular complexity index is 1840. The molecule has 14 heteroatoms. The van der Waals surface area contributed by atoms with Gasteiger partial charge in [0.2, 0.25) is 5.91 Å². The van der Waals surface area contributed by atoms with Crippen LogP contribution in [0.2, 0.25) is 0 Å². The molecule has 45 heavy (non-hydrogen) atoms. The fraction of sp³-hybridized carbons (Fsp3) is 0.484. The Balaban J connectivity index is 1.46. The summed E-state index contributed by atoms with van der Waals surface area (Å²) in [7, 11) is 0. The van der Waals surface area contributed by atoms with Crippen molar-refractivity contribution in [2.75, 3.05) is 13.2 Å². The molecule has 0 aliphatic rings. The molecule has 240 valence electrons. The van der Waals surface area contributed by atoms with Crippen LogP contribution in [-0.4, -0.2) is 54.8 Å². The second-order valence-electron chi connectivity index (χ2n) is 12.3. The van der Waals surface area contributed by atoms with E-state index in [-0.39, 0.29) is 24.6 Å². The number of rotatable bonds is 13. The highest BCUT2D eigenvalue weighted by Gasteiger charge is 2.35. The summed E-state index contributed by atoms with van der Waals surface area (Å²) in [5.41, 5.74) is -1.69. The van der Waals surface area contributed by atoms with Crippen LogP contribution >= 0.6 is 11.3 Å². The van der Waals surface area contributed by atoms with Crippen molar-refractivity contribution in [2.24, 2.45) is 5.41 Å². The number of H-pyrrole nitrogens is 1. The van der Waals surface area contributed by atoms with E-state index < -0.39 is 40.0 Å². The molecule has 0 saturated carbocycles. The molecule has 2 atom stereocenters. The molecule has 3 N–H and O–H groups in total. The molecular formula is C31H38FN7O5S. The number of ether oxygens (including phenoxy) is 1. The number of nitrogens with one attached hydrogen (secondary N) is 2. The number of hydrogen-bond donors (Lipinski definition) is 3. The zero-order valence-electron chi connectivity index (χ0n) is 26.2. The number of aliphatic hydroxyl groups is 1. The molecule has 3 heterocycles. The van der Waals surface area contributed by atoms with E-state index in [1.165, 1.54) is 54.5 Å². The third kappa shape index (κ3) is 7.22. The lowest BCUT2D eigenvalue weighted by molar-refractivity contribution is -0.129. The predicted octanol–water partition coefficient (Wildman–Crippen LogP) is 3.64. The summed E-state index contributed by atoms with van der Waals surface area (Å²) in [6.07, 6.45) is 3.89. The maximum atomic E-state index is 14.2. The molecule has 4 aromatic rings. The van der Waals surface area contributed by atoms with E-state index in [0.717, 1.165) is 10.1 Å². The number of aliphatic hydroxyl groups excluding tert-OH is 1. The Labute approximate surface area is 263 Å². The minimum atomic E-state index is -1.52. The van der Waals surface area contributed by atoms with Crippen molar-refractivity contribution in [1.82, 2.24) is 29.9 Å². The number of hydrogen-bond acceptors (Lipinski definition) is 9. The molecule has 0 spiro atoms. The van der Waals surface area contributed by atoms with Crippen molar-refractivity contribution >= 4 is 27.5 Å². The molecule has 3 aromatic heterocycles. The second kappa shape index (κ2) is 13.4. The molecular weight excluding hydrogens is 601 g/mol. The predicted molar refractivity (Wildman–Crippen MR) is 168 cm³/mol. The largest absolute Gasteiger partial charge is 0.393 e. The van der Waals surface area contributed by atoms with Gasteiger partial charge in [-0.05, 0) is 84.1 Å². The van der Waals surface area contributed by atoms with Gasteiger partial charge in [0.1, 0.15) is 27.3 Å². The smallest absolute Gasteiger partial charge is 0.330 e. The van der Waals surface area contributed by atoms with Gasteiger partial charge in [-0.15, -0.1) is 4.80 Å². The quantitative estimate of drug-likeness (QED) is 0.199. The number of nitrogens with zero attached hydrogens (tertiary/aromatic N) is 5. The highest BCUT2D eigenvalue weighted by atomic mass is 32.1. The van der Waals surface area contributed by atoms with Gasteiger partial charge in [0.05, 0.1) is 42.5 Å². The average Bonchev–Trinajstić information content (AvgIpc) is 3.62. The number of carbonyl (C=O) groups is 1. The van der Waals surface area contributed by atoms with Gasteiger partial charge in [-0.2, -0.15) is 15.5 Å². The van der Waals surface area contributed by atoms with Crippen molar-refractivity contribution in [3.63, 3.8) is 0 Å². The maximum Gasteiger partial charge on any atom is 0.330 e. The standard InChI is InChI=1S/C31H38FN7O5S/c1-18(8-7-9-20-10-11-21(32)14-22(20)23(15-40)44-17-30(3,4)16-33)36-28(42)31(5,6)38-26(41)24-19(2)27(39-34-12-13-35-39)45-25(24)37-29(38)43/h10-14,18,23,40H,7-9,15,17H2,1-6H3,(H,36,42)(H,37,43)/t18?,23-/m0/s1. The Morgan fingerprint density at radius 1 is 1.24 bits per heavy atom. The minimum absolute atomic E-state index is 0.0665. The highest BCUT2D eigenvalue weighted by Crippen LogP contribution is 2.30. The third-order valence-corrected chi connectivity index (χ3v) is 8.88. The first kappa shape index (κ1) is 33.7. The van der Waals surface area contributed by atoms with Crippen molar-refractivity contribution in [2.45, 2.75) is 78.5 Å². The molecule has 1 amide bonds. The Hall–Kier alpha value is -4.19. The lowest BCUT2D eigenvalue weighted by Gasteiger charge is -2.27. The van der Waals surface area contributed by atoms with Gasteiger partial charge in [0.15, 0.2) is 0 Å². The SMILES string of the molecule is Cc1c(-n2nccn2)sc2[nH]c(=O)n(C(C)(C)C(=O)NC(C)CCCc3ccc(F)cc3[C@H](CO)OCC(C)(C)C#N)c(=O)c12. The summed E-state index contributed by atoms with van der Waals surface area (Å²) in [5, 5.41) is 31.3. The van der Waals surface area contributed by atoms with E-state index in [9.17, 15) is 29.1 Å². The number of nitriles is 1. The summed E-state index contributed by atoms with van der Waals surface area (Å²) < 4.78 is 20.9. The van der Waals surface area contributed by atoms with Crippen LogP contribution in [0.15, 0.2) is 40.2 Å². The number of aryl methyl sites for hydroxylation is 2. The van der Waals surface area contributed by atoms with E-state index >= 15 is 0 Å². The normalized spacial score (nSPS) is 13.5. The van der Waals surface area contributed by atoms with Crippen molar-refractivity contribution in [3.05, 3.63) is 73.9 Å². The molecule has 0 saturated heterocycles. The Morgan fingerprint density at radius 2 is 1.93 bits per heavy atom. The number of aromatic nitrogens is 5. The van der Waals surface area contributed by atoms with Crippen LogP contribution in [0.5, 0.6) is 0 Å². The van der Waals surface area contributed by atoms with Gasteiger partial charge in [0.25, 0.3) is 5.56 Å². The Kier molecular flexibility index (Phi) is 10.1. The summed E-state index contributed by atoms with van der Waals surface area (Å²) in [4.78, 5) is 44.7. The van der Waals surface area contributed by atoms with Crippen LogP contribution in [0.3, 0.4) is 0 Å². The van der Waals surface area contributed by atoms with Gasteiger partial charge in [-0.1, -0.05) is 17.4 Å². The minimum Gasteiger partial charge on any atom is -0.393 e. The monoisotopic (exact) mass is 639 g/mol. The number of fused-ring (bicyclic) bond motifs is 1. The summed E-state index contributed by atoms with van der Waals surface area (Å²) in [5.74, 6) is -0.964. The molecule has 1 aromatic carbocycles. The van der Waals surface area contributed by atoms with E-state index in [1.54, 1.807) is 26.8 Å². The maximum absolute atomic E-state index is 14.2. The van der Waals surface area contributed by atoms with Gasteiger partial charge in [0, 0.05) is 11.6 Å². The van der Waals surface area contributed by atoms with Gasteiger partial charge in [-0.3, -0.25) is 14.6 Å². The number of halogens is 1. The van der Waals surface area contributed by atoms with Crippen molar-refractivity contribution < 1.29 is 19.0 Å². The first-order chi connectivity index (χ1) is 21.2. The van der Waals surface area contributed by atoms with Crippen LogP contribution < -0.4 is 16.6 Å². The summed E-state index contributed by atoms with van der Waals surface area (Å²) in [6.45, 7) is 9.72. The number of benzene rings is 1. The second-order valence-corrected chi connectivity index (χ2v) is 13.3. The number of thiophene rings is 1. The zero-order chi connectivity index (χ0) is 33.1. The Morgan fingerprint density at radius 3 is 2.58 bits per heavy atom. The van der Waals surface area contributed by atoms with Crippen molar-refractivity contribution in [1.29, 1.82) is 5.26 Å². The molecule has 4 rings (SSSR count). The first-order valence-corrected chi connectivity index (χ1v) is 15.4. The number of amides is 1.